The highest BCUT2D eigenvalue weighted by Crippen LogP contribution is 2.19. The molecule has 1 saturated heterocycles. The molecule has 0 spiro atoms. The number of carbonyl (C=O) groups excluding carboxylic acids is 2. The van der Waals surface area contributed by atoms with Crippen LogP contribution in [0, 0.1) is 6.92 Å². The maximum Gasteiger partial charge on any atom is 0.247 e. The molecule has 8 nitrogen and oxygen atoms in total. The SMILES string of the molecule is CCN(CC)C(=O)CN1CCN(C(=O)CCc2nnc(-c3ccc(C)cc3)o2)CC1. The van der Waals surface area contributed by atoms with Crippen molar-refractivity contribution in [2.24, 2.45) is 0 Å². The molecule has 162 valence electrons. The molecule has 1 aromatic heterocycles. The number of carbonyl (C=O) groups is 2. The van der Waals surface area contributed by atoms with Crippen LogP contribution in [-0.2, 0) is 16.0 Å². The van der Waals surface area contributed by atoms with Gasteiger partial charge >= 0.3 is 0 Å². The minimum Gasteiger partial charge on any atom is -0.421 e. The first-order valence-corrected chi connectivity index (χ1v) is 10.7. The Balaban J connectivity index is 1.43. The summed E-state index contributed by atoms with van der Waals surface area (Å²) in [5.74, 6) is 1.19. The molecule has 2 aromatic rings. The van der Waals surface area contributed by atoms with Crippen LogP contribution in [0.2, 0.25) is 0 Å². The third-order valence-corrected chi connectivity index (χ3v) is 5.52. The topological polar surface area (TPSA) is 82.8 Å². The smallest absolute Gasteiger partial charge is 0.247 e. The zero-order valence-corrected chi connectivity index (χ0v) is 18.1. The maximum atomic E-state index is 12.6. The van der Waals surface area contributed by atoms with E-state index < -0.39 is 0 Å². The summed E-state index contributed by atoms with van der Waals surface area (Å²) in [6, 6.07) is 7.89. The average molecular weight is 414 g/mol. The summed E-state index contributed by atoms with van der Waals surface area (Å²) in [5.41, 5.74) is 2.04. The lowest BCUT2D eigenvalue weighted by atomic mass is 10.1. The van der Waals surface area contributed by atoms with E-state index in [1.54, 1.807) is 0 Å². The van der Waals surface area contributed by atoms with Gasteiger partial charge in [0.1, 0.15) is 0 Å². The number of hydrogen-bond donors (Lipinski definition) is 0. The molecule has 2 heterocycles. The van der Waals surface area contributed by atoms with Crippen LogP contribution in [0.15, 0.2) is 28.7 Å². The number of hydrogen-bond acceptors (Lipinski definition) is 6. The van der Waals surface area contributed by atoms with Crippen molar-refractivity contribution in [1.29, 1.82) is 0 Å². The minimum atomic E-state index is 0.0832. The Morgan fingerprint density at radius 3 is 2.33 bits per heavy atom. The summed E-state index contributed by atoms with van der Waals surface area (Å²) in [5, 5.41) is 8.16. The Hall–Kier alpha value is -2.74. The van der Waals surface area contributed by atoms with Gasteiger partial charge in [0.2, 0.25) is 23.6 Å². The van der Waals surface area contributed by atoms with E-state index in [4.69, 9.17) is 4.42 Å². The van der Waals surface area contributed by atoms with Crippen LogP contribution in [0.25, 0.3) is 11.5 Å². The van der Waals surface area contributed by atoms with Crippen LogP contribution in [-0.4, -0.2) is 82.5 Å². The molecular weight excluding hydrogens is 382 g/mol. The Bertz CT molecular complexity index is 837. The first-order valence-electron chi connectivity index (χ1n) is 10.7. The molecule has 3 rings (SSSR count). The fourth-order valence-electron chi connectivity index (χ4n) is 3.56. The molecule has 1 aliphatic rings. The van der Waals surface area contributed by atoms with Crippen molar-refractivity contribution in [3.8, 4) is 11.5 Å². The molecule has 2 amide bonds. The summed E-state index contributed by atoms with van der Waals surface area (Å²) >= 11 is 0. The van der Waals surface area contributed by atoms with Gasteiger partial charge in [0.05, 0.1) is 6.54 Å². The lowest BCUT2D eigenvalue weighted by molar-refractivity contribution is -0.135. The molecule has 0 saturated carbocycles. The van der Waals surface area contributed by atoms with Crippen LogP contribution in [0.4, 0.5) is 0 Å². The maximum absolute atomic E-state index is 12.6. The summed E-state index contributed by atoms with van der Waals surface area (Å²) in [6.07, 6.45) is 0.770. The van der Waals surface area contributed by atoms with E-state index in [1.165, 1.54) is 5.56 Å². The predicted molar refractivity (Wildman–Crippen MR) is 114 cm³/mol. The van der Waals surface area contributed by atoms with E-state index >= 15 is 0 Å². The molecule has 30 heavy (non-hydrogen) atoms. The molecule has 1 aliphatic heterocycles. The summed E-state index contributed by atoms with van der Waals surface area (Å²) < 4.78 is 5.71. The molecule has 0 atom stereocenters. The quantitative estimate of drug-likeness (QED) is 0.658. The summed E-state index contributed by atoms with van der Waals surface area (Å²) in [6.45, 7) is 10.6. The van der Waals surface area contributed by atoms with Gasteiger partial charge in [-0.3, -0.25) is 14.5 Å². The first kappa shape index (κ1) is 22.0. The van der Waals surface area contributed by atoms with Crippen LogP contribution in [0.1, 0.15) is 31.7 Å². The van der Waals surface area contributed by atoms with E-state index in [0.717, 1.165) is 31.7 Å². The fraction of sp³-hybridized carbons (Fsp3) is 0.545. The summed E-state index contributed by atoms with van der Waals surface area (Å²) in [7, 11) is 0. The third kappa shape index (κ3) is 5.66. The van der Waals surface area contributed by atoms with Gasteiger partial charge in [-0.1, -0.05) is 17.7 Å². The number of benzene rings is 1. The molecule has 1 fully saturated rings. The molecular formula is C22H31N5O3. The Labute approximate surface area is 177 Å². The van der Waals surface area contributed by atoms with Crippen molar-refractivity contribution in [2.75, 3.05) is 45.8 Å². The standard InChI is InChI=1S/C22H31N5O3/c1-4-26(5-2)21(29)16-25-12-14-27(15-13-25)20(28)11-10-19-23-24-22(30-19)18-8-6-17(3)7-9-18/h6-9H,4-5,10-16H2,1-3H3. The number of aromatic nitrogens is 2. The summed E-state index contributed by atoms with van der Waals surface area (Å²) in [4.78, 5) is 30.6. The number of nitrogens with zero attached hydrogens (tertiary/aromatic N) is 5. The number of amides is 2. The zero-order valence-electron chi connectivity index (χ0n) is 18.1. The Kier molecular flexibility index (Phi) is 7.57. The van der Waals surface area contributed by atoms with Gasteiger partial charge in [0.15, 0.2) is 0 Å². The van der Waals surface area contributed by atoms with Crippen molar-refractivity contribution in [1.82, 2.24) is 24.9 Å². The number of aryl methyl sites for hydroxylation is 2. The van der Waals surface area contributed by atoms with Gasteiger partial charge in [0, 0.05) is 57.7 Å². The van der Waals surface area contributed by atoms with Crippen molar-refractivity contribution in [3.05, 3.63) is 35.7 Å². The normalized spacial score (nSPS) is 14.7. The highest BCUT2D eigenvalue weighted by Gasteiger charge is 2.23. The highest BCUT2D eigenvalue weighted by molar-refractivity contribution is 5.78. The van der Waals surface area contributed by atoms with Gasteiger partial charge in [-0.05, 0) is 32.9 Å². The Morgan fingerprint density at radius 1 is 1.03 bits per heavy atom. The van der Waals surface area contributed by atoms with Crippen LogP contribution in [0.5, 0.6) is 0 Å². The largest absolute Gasteiger partial charge is 0.421 e. The van der Waals surface area contributed by atoms with E-state index in [0.29, 0.717) is 44.3 Å². The second kappa shape index (κ2) is 10.3. The molecule has 0 aliphatic carbocycles. The van der Waals surface area contributed by atoms with Gasteiger partial charge < -0.3 is 14.2 Å². The molecule has 8 heteroatoms. The third-order valence-electron chi connectivity index (χ3n) is 5.52. The monoisotopic (exact) mass is 413 g/mol. The van der Waals surface area contributed by atoms with Crippen LogP contribution >= 0.6 is 0 Å². The molecule has 0 radical (unpaired) electrons. The van der Waals surface area contributed by atoms with Crippen LogP contribution in [0.3, 0.4) is 0 Å². The lowest BCUT2D eigenvalue weighted by Gasteiger charge is -2.35. The van der Waals surface area contributed by atoms with E-state index in [2.05, 4.69) is 15.1 Å². The molecule has 0 unspecified atom stereocenters. The van der Waals surface area contributed by atoms with E-state index in [1.807, 2.05) is 54.8 Å². The molecule has 0 N–H and O–H groups in total. The number of likely N-dealkylation sites (N-methyl/N-ethyl adjacent to an activating group) is 1. The van der Waals surface area contributed by atoms with Crippen molar-refractivity contribution < 1.29 is 14.0 Å². The fourth-order valence-corrected chi connectivity index (χ4v) is 3.56. The molecule has 1 aromatic carbocycles. The van der Waals surface area contributed by atoms with Gasteiger partial charge in [-0.2, -0.15) is 0 Å². The van der Waals surface area contributed by atoms with Crippen molar-refractivity contribution in [2.45, 2.75) is 33.6 Å². The Morgan fingerprint density at radius 2 is 1.70 bits per heavy atom. The van der Waals surface area contributed by atoms with E-state index in [9.17, 15) is 9.59 Å². The highest BCUT2D eigenvalue weighted by atomic mass is 16.4. The minimum absolute atomic E-state index is 0.0832. The number of rotatable bonds is 8. The first-order chi connectivity index (χ1) is 14.5. The zero-order chi connectivity index (χ0) is 21.5. The second-order valence-electron chi connectivity index (χ2n) is 7.59. The van der Waals surface area contributed by atoms with Crippen molar-refractivity contribution in [3.63, 3.8) is 0 Å². The van der Waals surface area contributed by atoms with Crippen LogP contribution < -0.4 is 0 Å². The van der Waals surface area contributed by atoms with Gasteiger partial charge in [-0.25, -0.2) is 0 Å². The number of piperazine rings is 1. The van der Waals surface area contributed by atoms with Gasteiger partial charge in [-0.15, -0.1) is 10.2 Å². The second-order valence-corrected chi connectivity index (χ2v) is 7.59. The predicted octanol–water partition coefficient (Wildman–Crippen LogP) is 1.99. The van der Waals surface area contributed by atoms with Gasteiger partial charge in [0.25, 0.3) is 0 Å². The lowest BCUT2D eigenvalue weighted by Crippen LogP contribution is -2.51. The molecule has 0 bridgehead atoms. The average Bonchev–Trinajstić information content (AvgIpc) is 3.23. The van der Waals surface area contributed by atoms with Crippen molar-refractivity contribution >= 4 is 11.8 Å². The van der Waals surface area contributed by atoms with E-state index in [-0.39, 0.29) is 11.8 Å².